The lowest BCUT2D eigenvalue weighted by atomic mass is 10.0. The lowest BCUT2D eigenvalue weighted by Gasteiger charge is -2.33. The fraction of sp³-hybridized carbons (Fsp3) is 0.273. The molecule has 0 aliphatic carbocycles. The minimum atomic E-state index is -3.90. The van der Waals surface area contributed by atoms with E-state index in [1.165, 1.54) is 17.0 Å². The van der Waals surface area contributed by atoms with Gasteiger partial charge in [-0.1, -0.05) is 92.2 Å². The SMILES string of the molecule is CCCCNC(=O)[C@@H](Cc1ccccc1)N(Cc1ccc(F)cc1)C(=O)CN(c1cccc2ccccc12)S(C)(=O)=O. The number of rotatable bonds is 13. The minimum absolute atomic E-state index is 0.00898. The summed E-state index contributed by atoms with van der Waals surface area (Å²) in [6.07, 6.45) is 2.94. The zero-order valence-corrected chi connectivity index (χ0v) is 24.7. The summed E-state index contributed by atoms with van der Waals surface area (Å²) in [5.74, 6) is -1.31. The molecule has 4 aromatic carbocycles. The first-order valence-corrected chi connectivity index (χ1v) is 15.8. The predicted octanol–water partition coefficient (Wildman–Crippen LogP) is 5.30. The molecule has 220 valence electrons. The molecule has 0 aliphatic rings. The van der Waals surface area contributed by atoms with Crippen molar-refractivity contribution in [3.8, 4) is 0 Å². The van der Waals surface area contributed by atoms with Crippen molar-refractivity contribution in [2.45, 2.75) is 38.8 Å². The van der Waals surface area contributed by atoms with Crippen molar-refractivity contribution in [2.24, 2.45) is 0 Å². The minimum Gasteiger partial charge on any atom is -0.354 e. The van der Waals surface area contributed by atoms with Crippen LogP contribution >= 0.6 is 0 Å². The second kappa shape index (κ2) is 14.1. The highest BCUT2D eigenvalue weighted by atomic mass is 32.2. The third-order valence-electron chi connectivity index (χ3n) is 7.08. The number of fused-ring (bicyclic) bond motifs is 1. The lowest BCUT2D eigenvalue weighted by molar-refractivity contribution is -0.140. The van der Waals surface area contributed by atoms with Gasteiger partial charge in [-0.2, -0.15) is 0 Å². The maximum atomic E-state index is 14.2. The Labute approximate surface area is 247 Å². The number of carbonyl (C=O) groups is 2. The van der Waals surface area contributed by atoms with Crippen molar-refractivity contribution in [3.05, 3.63) is 114 Å². The van der Waals surface area contributed by atoms with E-state index in [-0.39, 0.29) is 18.9 Å². The first-order chi connectivity index (χ1) is 20.2. The first kappa shape index (κ1) is 30.7. The van der Waals surface area contributed by atoms with Crippen LogP contribution in [0.3, 0.4) is 0 Å². The van der Waals surface area contributed by atoms with Crippen molar-refractivity contribution in [3.63, 3.8) is 0 Å². The van der Waals surface area contributed by atoms with Crippen molar-refractivity contribution >= 4 is 38.3 Å². The van der Waals surface area contributed by atoms with E-state index in [1.54, 1.807) is 24.3 Å². The highest BCUT2D eigenvalue weighted by molar-refractivity contribution is 7.92. The predicted molar refractivity (Wildman–Crippen MR) is 165 cm³/mol. The van der Waals surface area contributed by atoms with Crippen LogP contribution in [0.1, 0.15) is 30.9 Å². The summed E-state index contributed by atoms with van der Waals surface area (Å²) in [5.41, 5.74) is 1.83. The Kier molecular flexibility index (Phi) is 10.3. The highest BCUT2D eigenvalue weighted by Crippen LogP contribution is 2.29. The molecule has 0 bridgehead atoms. The number of anilines is 1. The van der Waals surface area contributed by atoms with Gasteiger partial charge in [0.1, 0.15) is 18.4 Å². The van der Waals surface area contributed by atoms with Gasteiger partial charge < -0.3 is 10.2 Å². The van der Waals surface area contributed by atoms with E-state index in [1.807, 2.05) is 67.6 Å². The van der Waals surface area contributed by atoms with Gasteiger partial charge >= 0.3 is 0 Å². The zero-order chi connectivity index (χ0) is 30.1. The molecule has 0 heterocycles. The van der Waals surface area contributed by atoms with Crippen molar-refractivity contribution in [2.75, 3.05) is 23.7 Å². The average Bonchev–Trinajstić information content (AvgIpc) is 2.98. The van der Waals surface area contributed by atoms with Crippen LogP contribution in [0.15, 0.2) is 97.1 Å². The van der Waals surface area contributed by atoms with Gasteiger partial charge in [-0.15, -0.1) is 0 Å². The van der Waals surface area contributed by atoms with Gasteiger partial charge in [-0.05, 0) is 41.1 Å². The molecular weight excluding hydrogens is 553 g/mol. The summed E-state index contributed by atoms with van der Waals surface area (Å²) in [6, 6.07) is 26.8. The van der Waals surface area contributed by atoms with Gasteiger partial charge in [0.05, 0.1) is 11.9 Å². The monoisotopic (exact) mass is 589 g/mol. The molecule has 1 atom stereocenters. The Morgan fingerprint density at radius 2 is 1.52 bits per heavy atom. The van der Waals surface area contributed by atoms with E-state index in [0.29, 0.717) is 23.2 Å². The standard InChI is InChI=1S/C33H36FN3O4S/c1-3-4-21-35-33(39)31(22-25-11-6-5-7-12-25)36(23-26-17-19-28(34)20-18-26)32(38)24-37(42(2,40)41)30-16-10-14-27-13-8-9-15-29(27)30/h5-20,31H,3-4,21-24H2,1-2H3,(H,35,39)/t31-/m1/s1. The average molecular weight is 590 g/mol. The van der Waals surface area contributed by atoms with Crippen molar-refractivity contribution in [1.82, 2.24) is 10.2 Å². The number of halogens is 1. The van der Waals surface area contributed by atoms with Crippen molar-refractivity contribution in [1.29, 1.82) is 0 Å². The van der Waals surface area contributed by atoms with Gasteiger partial charge in [0, 0.05) is 24.9 Å². The molecule has 0 radical (unpaired) electrons. The smallest absolute Gasteiger partial charge is 0.244 e. The van der Waals surface area contributed by atoms with Crippen LogP contribution in [-0.4, -0.2) is 50.5 Å². The molecule has 0 spiro atoms. The van der Waals surface area contributed by atoms with Gasteiger partial charge in [0.15, 0.2) is 0 Å². The van der Waals surface area contributed by atoms with Crippen LogP contribution in [-0.2, 0) is 32.6 Å². The maximum absolute atomic E-state index is 14.2. The Hall–Kier alpha value is -4.24. The molecule has 0 saturated heterocycles. The molecule has 0 aromatic heterocycles. The number of benzene rings is 4. The van der Waals surface area contributed by atoms with Gasteiger partial charge in [-0.3, -0.25) is 13.9 Å². The van der Waals surface area contributed by atoms with Gasteiger partial charge in [0.25, 0.3) is 0 Å². The third-order valence-corrected chi connectivity index (χ3v) is 8.21. The Balaban J connectivity index is 1.76. The number of amides is 2. The molecule has 0 aliphatic heterocycles. The first-order valence-electron chi connectivity index (χ1n) is 14.0. The second-order valence-electron chi connectivity index (χ2n) is 10.3. The lowest BCUT2D eigenvalue weighted by Crippen LogP contribution is -2.53. The molecule has 2 amide bonds. The summed E-state index contributed by atoms with van der Waals surface area (Å²) in [4.78, 5) is 29.3. The summed E-state index contributed by atoms with van der Waals surface area (Å²) in [6.45, 7) is 1.95. The molecule has 42 heavy (non-hydrogen) atoms. The molecule has 4 rings (SSSR count). The molecule has 4 aromatic rings. The Morgan fingerprint density at radius 1 is 0.857 bits per heavy atom. The van der Waals surface area contributed by atoms with E-state index in [4.69, 9.17) is 0 Å². The highest BCUT2D eigenvalue weighted by Gasteiger charge is 2.33. The number of unbranched alkanes of at least 4 members (excludes halogenated alkanes) is 1. The molecular formula is C33H36FN3O4S. The van der Waals surface area contributed by atoms with Gasteiger partial charge in [-0.25, -0.2) is 12.8 Å². The van der Waals surface area contributed by atoms with Crippen LogP contribution in [0.4, 0.5) is 10.1 Å². The van der Waals surface area contributed by atoms with E-state index in [2.05, 4.69) is 5.32 Å². The largest absolute Gasteiger partial charge is 0.354 e. The number of sulfonamides is 1. The van der Waals surface area contributed by atoms with Crippen LogP contribution in [0.5, 0.6) is 0 Å². The molecule has 0 saturated carbocycles. The summed E-state index contributed by atoms with van der Waals surface area (Å²) in [7, 11) is -3.90. The molecule has 0 fully saturated rings. The van der Waals surface area contributed by atoms with E-state index >= 15 is 0 Å². The summed E-state index contributed by atoms with van der Waals surface area (Å²) < 4.78 is 41.1. The second-order valence-corrected chi connectivity index (χ2v) is 12.2. The van der Waals surface area contributed by atoms with Crippen LogP contribution in [0.2, 0.25) is 0 Å². The maximum Gasteiger partial charge on any atom is 0.244 e. The van der Waals surface area contributed by atoms with Crippen LogP contribution < -0.4 is 9.62 Å². The van der Waals surface area contributed by atoms with Crippen LogP contribution in [0.25, 0.3) is 10.8 Å². The van der Waals surface area contributed by atoms with Crippen LogP contribution in [0, 0.1) is 5.82 Å². The Bertz CT molecular complexity index is 1610. The van der Waals surface area contributed by atoms with Gasteiger partial charge in [0.2, 0.25) is 21.8 Å². The topological polar surface area (TPSA) is 86.8 Å². The quantitative estimate of drug-likeness (QED) is 0.215. The third kappa shape index (κ3) is 7.94. The number of hydrogen-bond donors (Lipinski definition) is 1. The number of hydrogen-bond acceptors (Lipinski definition) is 4. The molecule has 9 heteroatoms. The fourth-order valence-corrected chi connectivity index (χ4v) is 5.73. The number of nitrogens with zero attached hydrogens (tertiary/aromatic N) is 2. The fourth-order valence-electron chi connectivity index (χ4n) is 4.87. The molecule has 1 N–H and O–H groups in total. The summed E-state index contributed by atoms with van der Waals surface area (Å²) in [5, 5.41) is 4.46. The van der Waals surface area contributed by atoms with E-state index in [9.17, 15) is 22.4 Å². The molecule has 7 nitrogen and oxygen atoms in total. The molecule has 0 unspecified atom stereocenters. The van der Waals surface area contributed by atoms with E-state index < -0.39 is 34.3 Å². The normalized spacial score (nSPS) is 12.1. The Morgan fingerprint density at radius 3 is 2.21 bits per heavy atom. The van der Waals surface area contributed by atoms with E-state index in [0.717, 1.165) is 34.4 Å². The number of carbonyl (C=O) groups excluding carboxylic acids is 2. The zero-order valence-electron chi connectivity index (χ0n) is 23.9. The summed E-state index contributed by atoms with van der Waals surface area (Å²) >= 11 is 0. The van der Waals surface area contributed by atoms with Crippen molar-refractivity contribution < 1.29 is 22.4 Å². The number of nitrogens with one attached hydrogen (secondary N) is 1.